The normalized spacial score (nSPS) is 19.6. The van der Waals surface area contributed by atoms with Gasteiger partial charge in [0.2, 0.25) is 5.91 Å². The van der Waals surface area contributed by atoms with Crippen molar-refractivity contribution in [3.63, 3.8) is 0 Å². The average Bonchev–Trinajstić information content (AvgIpc) is 3.42. The minimum Gasteiger partial charge on any atom is -0.394 e. The van der Waals surface area contributed by atoms with Crippen molar-refractivity contribution in [3.8, 4) is 0 Å². The number of unbranched alkanes of at least 4 members (excludes halogenated alkanes) is 26. The lowest BCUT2D eigenvalue weighted by atomic mass is 9.99. The molecule has 1 rings (SSSR count). The van der Waals surface area contributed by atoms with Crippen LogP contribution in [-0.4, -0.2) is 87.5 Å². The van der Waals surface area contributed by atoms with E-state index in [1.54, 1.807) is 6.08 Å². The van der Waals surface area contributed by atoms with Crippen LogP contribution in [0.15, 0.2) is 109 Å². The summed E-state index contributed by atoms with van der Waals surface area (Å²) in [5.74, 6) is -0.188. The molecule has 1 heterocycles. The van der Waals surface area contributed by atoms with Crippen LogP contribution in [-0.2, 0) is 14.3 Å². The van der Waals surface area contributed by atoms with Crippen LogP contribution in [0.5, 0.6) is 0 Å². The molecule has 9 nitrogen and oxygen atoms in total. The quantitative estimate of drug-likeness (QED) is 0.0261. The number of allylic oxidation sites excluding steroid dienone is 17. The van der Waals surface area contributed by atoms with Crippen molar-refractivity contribution < 1.29 is 39.8 Å². The first-order chi connectivity index (χ1) is 37.3. The molecule has 0 aliphatic carbocycles. The van der Waals surface area contributed by atoms with Gasteiger partial charge in [-0.1, -0.05) is 271 Å². The predicted molar refractivity (Wildman–Crippen MR) is 322 cm³/mol. The number of hydrogen-bond acceptors (Lipinski definition) is 8. The fourth-order valence-electron chi connectivity index (χ4n) is 9.23. The molecule has 1 aliphatic rings. The van der Waals surface area contributed by atoms with E-state index in [2.05, 4.69) is 116 Å². The molecule has 7 unspecified atom stereocenters. The summed E-state index contributed by atoms with van der Waals surface area (Å²) in [7, 11) is 0. The Labute approximate surface area is 466 Å². The van der Waals surface area contributed by atoms with Gasteiger partial charge in [-0.25, -0.2) is 0 Å². The van der Waals surface area contributed by atoms with Crippen molar-refractivity contribution in [1.29, 1.82) is 0 Å². The van der Waals surface area contributed by atoms with Crippen LogP contribution in [0.25, 0.3) is 0 Å². The molecule has 0 aromatic rings. The van der Waals surface area contributed by atoms with Crippen molar-refractivity contribution in [2.24, 2.45) is 0 Å². The Kier molecular flexibility index (Phi) is 51.4. The summed E-state index contributed by atoms with van der Waals surface area (Å²) in [6.45, 7) is 3.67. The second-order valence-electron chi connectivity index (χ2n) is 21.1. The molecule has 7 atom stereocenters. The Hall–Kier alpha value is -3.15. The predicted octanol–water partition coefficient (Wildman–Crippen LogP) is 16.1. The second kappa shape index (κ2) is 55.2. The highest BCUT2D eigenvalue weighted by Gasteiger charge is 2.44. The Morgan fingerprint density at radius 1 is 0.461 bits per heavy atom. The van der Waals surface area contributed by atoms with Gasteiger partial charge in [-0.2, -0.15) is 0 Å². The fraction of sp³-hybridized carbons (Fsp3) is 0.716. The number of carbonyl (C=O) groups is 1. The Morgan fingerprint density at radius 2 is 0.816 bits per heavy atom. The van der Waals surface area contributed by atoms with Crippen LogP contribution in [0.3, 0.4) is 0 Å². The van der Waals surface area contributed by atoms with E-state index in [-0.39, 0.29) is 12.5 Å². The topological polar surface area (TPSA) is 149 Å². The molecule has 1 saturated heterocycles. The molecule has 76 heavy (non-hydrogen) atoms. The molecule has 0 bridgehead atoms. The summed E-state index contributed by atoms with van der Waals surface area (Å²) in [6, 6.07) is -0.818. The van der Waals surface area contributed by atoms with Gasteiger partial charge in [0.25, 0.3) is 0 Å². The SMILES string of the molecule is CC/C=C\C/C=C\C/C=C\C/C=C\C/C=C\C/C=C\C/C=C\C/C=C\CCCCCCCCCCC(=O)NC(COC1OC(CO)C(O)C(O)C1O)C(O)/C=C/CCCCCCCCCCCCCCCCCCCC. The first-order valence-corrected chi connectivity index (χ1v) is 31.1. The highest BCUT2D eigenvalue weighted by Crippen LogP contribution is 2.23. The molecule has 6 N–H and O–H groups in total. The first kappa shape index (κ1) is 70.9. The molecule has 1 fully saturated rings. The van der Waals surface area contributed by atoms with Crippen molar-refractivity contribution >= 4 is 5.91 Å². The van der Waals surface area contributed by atoms with Gasteiger partial charge in [-0.05, 0) is 83.5 Å². The number of carbonyl (C=O) groups excluding carboxylic acids is 1. The van der Waals surface area contributed by atoms with Gasteiger partial charge in [0.05, 0.1) is 25.4 Å². The Balaban J connectivity index is 2.21. The first-order valence-electron chi connectivity index (χ1n) is 31.1. The zero-order chi connectivity index (χ0) is 55.0. The van der Waals surface area contributed by atoms with Gasteiger partial charge >= 0.3 is 0 Å². The molecule has 0 aromatic heterocycles. The second-order valence-corrected chi connectivity index (χ2v) is 21.1. The van der Waals surface area contributed by atoms with Gasteiger partial charge < -0.3 is 40.3 Å². The summed E-state index contributed by atoms with van der Waals surface area (Å²) >= 11 is 0. The molecule has 0 saturated carbocycles. The smallest absolute Gasteiger partial charge is 0.220 e. The Morgan fingerprint density at radius 3 is 1.21 bits per heavy atom. The Bertz CT molecular complexity index is 1560. The summed E-state index contributed by atoms with van der Waals surface area (Å²) in [5.41, 5.74) is 0. The van der Waals surface area contributed by atoms with Gasteiger partial charge in [0.15, 0.2) is 6.29 Å². The number of nitrogens with one attached hydrogen (secondary N) is 1. The van der Waals surface area contributed by atoms with Crippen molar-refractivity contribution in [2.75, 3.05) is 13.2 Å². The van der Waals surface area contributed by atoms with Crippen LogP contribution in [0.4, 0.5) is 0 Å². The number of ether oxygens (including phenoxy) is 2. The molecule has 9 heteroatoms. The van der Waals surface area contributed by atoms with Crippen LogP contribution >= 0.6 is 0 Å². The van der Waals surface area contributed by atoms with Crippen LogP contribution in [0.1, 0.15) is 251 Å². The maximum atomic E-state index is 13.1. The third-order valence-corrected chi connectivity index (χ3v) is 14.1. The number of aliphatic hydroxyl groups excluding tert-OH is 5. The zero-order valence-electron chi connectivity index (χ0n) is 48.5. The highest BCUT2D eigenvalue weighted by molar-refractivity contribution is 5.76. The summed E-state index contributed by atoms with van der Waals surface area (Å²) in [5, 5.41) is 54.6. The van der Waals surface area contributed by atoms with E-state index in [4.69, 9.17) is 9.47 Å². The van der Waals surface area contributed by atoms with E-state index in [9.17, 15) is 30.3 Å². The third kappa shape index (κ3) is 43.8. The molecular weight excluding hydrogens is 947 g/mol. The summed E-state index contributed by atoms with van der Waals surface area (Å²) in [4.78, 5) is 13.1. The maximum Gasteiger partial charge on any atom is 0.220 e. The van der Waals surface area contributed by atoms with E-state index < -0.39 is 49.5 Å². The molecule has 0 spiro atoms. The minimum absolute atomic E-state index is 0.188. The van der Waals surface area contributed by atoms with Gasteiger partial charge in [0, 0.05) is 6.42 Å². The number of aliphatic hydroxyl groups is 5. The van der Waals surface area contributed by atoms with Crippen LogP contribution in [0, 0.1) is 0 Å². The van der Waals surface area contributed by atoms with Crippen molar-refractivity contribution in [2.45, 2.75) is 294 Å². The van der Waals surface area contributed by atoms with Crippen molar-refractivity contribution in [3.05, 3.63) is 109 Å². The standard InChI is InChI=1S/C67H115NO8/c1-3-5-7-9-11-13-15-17-19-21-23-25-26-27-28-29-30-31-32-33-34-35-36-37-39-41-43-45-47-49-51-53-55-57-63(71)68-60(59-75-67-66(74)65(73)64(72)62(58-69)76-67)61(70)56-54-52-50-48-46-44-42-40-38-24-22-20-18-16-14-12-10-8-6-4-2/h5,7,11,13,17,19,23,25,27-28,30-31,33-34,36-37,54,56,60-62,64-67,69-70,72-74H,3-4,6,8-10,12,14-16,18,20-22,24,26,29,32,35,38-53,55,57-59H2,1-2H3,(H,68,71)/b7-5-,13-11-,19-17-,25-23-,28-27-,31-30-,34-33-,37-36-,56-54+. The van der Waals surface area contributed by atoms with E-state index in [1.807, 2.05) is 6.08 Å². The van der Waals surface area contributed by atoms with Gasteiger partial charge in [-0.15, -0.1) is 0 Å². The summed E-state index contributed by atoms with van der Waals surface area (Å²) in [6.07, 6.45) is 74.4. The summed E-state index contributed by atoms with van der Waals surface area (Å²) < 4.78 is 11.3. The molecular formula is C67H115NO8. The number of amides is 1. The monoisotopic (exact) mass is 1060 g/mol. The van der Waals surface area contributed by atoms with E-state index >= 15 is 0 Å². The van der Waals surface area contributed by atoms with Gasteiger partial charge in [0.1, 0.15) is 24.4 Å². The molecule has 1 amide bonds. The minimum atomic E-state index is -1.57. The largest absolute Gasteiger partial charge is 0.394 e. The molecule has 0 aromatic carbocycles. The lowest BCUT2D eigenvalue weighted by Crippen LogP contribution is -2.60. The molecule has 0 radical (unpaired) electrons. The van der Waals surface area contributed by atoms with Crippen LogP contribution in [0.2, 0.25) is 0 Å². The fourth-order valence-corrected chi connectivity index (χ4v) is 9.23. The van der Waals surface area contributed by atoms with Crippen molar-refractivity contribution in [1.82, 2.24) is 5.32 Å². The van der Waals surface area contributed by atoms with E-state index in [0.717, 1.165) is 103 Å². The number of hydrogen-bond donors (Lipinski definition) is 6. The average molecular weight is 1060 g/mol. The van der Waals surface area contributed by atoms with Crippen LogP contribution < -0.4 is 5.32 Å². The van der Waals surface area contributed by atoms with E-state index in [0.29, 0.717) is 6.42 Å². The molecule has 1 aliphatic heterocycles. The third-order valence-electron chi connectivity index (χ3n) is 14.1. The highest BCUT2D eigenvalue weighted by atomic mass is 16.7. The lowest BCUT2D eigenvalue weighted by molar-refractivity contribution is -0.302. The zero-order valence-corrected chi connectivity index (χ0v) is 48.5. The lowest BCUT2D eigenvalue weighted by Gasteiger charge is -2.40. The maximum absolute atomic E-state index is 13.1. The van der Waals surface area contributed by atoms with E-state index in [1.165, 1.54) is 128 Å². The van der Waals surface area contributed by atoms with Gasteiger partial charge in [-0.3, -0.25) is 4.79 Å². The number of rotatable bonds is 52. The molecule has 436 valence electrons.